The molecular weight excluding hydrogens is 425 g/mol. The Morgan fingerprint density at radius 3 is 2.60 bits per heavy atom. The van der Waals surface area contributed by atoms with Crippen LogP contribution in [0.1, 0.15) is 29.8 Å². The Morgan fingerprint density at radius 1 is 1.24 bits per heavy atom. The number of nitrogens with zero attached hydrogens (tertiary/aromatic N) is 3. The minimum Gasteiger partial charge on any atom is -0.353 e. The number of aromatic nitrogens is 2. The highest BCUT2D eigenvalue weighted by molar-refractivity contribution is 14.0. The van der Waals surface area contributed by atoms with E-state index in [9.17, 15) is 0 Å². The highest BCUT2D eigenvalue weighted by Crippen LogP contribution is 2.17. The van der Waals surface area contributed by atoms with Gasteiger partial charge in [0.05, 0.1) is 11.4 Å². The van der Waals surface area contributed by atoms with Crippen LogP contribution in [0.3, 0.4) is 0 Å². The van der Waals surface area contributed by atoms with Crippen LogP contribution in [0.15, 0.2) is 47.5 Å². The van der Waals surface area contributed by atoms with Crippen LogP contribution in [0, 0.1) is 13.8 Å². The van der Waals surface area contributed by atoms with E-state index in [2.05, 4.69) is 64.1 Å². The number of halogens is 1. The summed E-state index contributed by atoms with van der Waals surface area (Å²) in [4.78, 5) is 4.33. The summed E-state index contributed by atoms with van der Waals surface area (Å²) in [5.74, 6) is 0.840. The van der Waals surface area contributed by atoms with Crippen LogP contribution >= 0.6 is 24.0 Å². The maximum atomic E-state index is 4.61. The van der Waals surface area contributed by atoms with Crippen molar-refractivity contribution >= 4 is 29.9 Å². The zero-order chi connectivity index (χ0) is 16.9. The van der Waals surface area contributed by atoms with E-state index >= 15 is 0 Å². The van der Waals surface area contributed by atoms with Crippen LogP contribution in [-0.4, -0.2) is 28.8 Å². The Kier molecular flexibility index (Phi) is 7.04. The molecule has 0 saturated carbocycles. The first-order chi connectivity index (χ1) is 11.7. The monoisotopic (exact) mass is 451 g/mol. The fourth-order valence-corrected chi connectivity index (χ4v) is 3.04. The number of nitrogens with one attached hydrogen (secondary N) is 2. The first kappa shape index (κ1) is 19.5. The maximum Gasteiger partial charge on any atom is 0.191 e. The fourth-order valence-electron chi connectivity index (χ4n) is 3.04. The molecule has 25 heavy (non-hydrogen) atoms. The maximum absolute atomic E-state index is 4.61. The third-order valence-electron chi connectivity index (χ3n) is 4.25. The topological polar surface area (TPSA) is 54.2 Å². The number of aryl methyl sites for hydroxylation is 2. The van der Waals surface area contributed by atoms with Gasteiger partial charge in [0, 0.05) is 25.3 Å². The van der Waals surface area contributed by atoms with Crippen LogP contribution in [-0.2, 0) is 6.54 Å². The van der Waals surface area contributed by atoms with Crippen LogP contribution in [0.25, 0.3) is 5.69 Å². The lowest BCUT2D eigenvalue weighted by molar-refractivity contribution is 0.632. The second kappa shape index (κ2) is 9.03. The zero-order valence-corrected chi connectivity index (χ0v) is 17.3. The number of hydrogen-bond donors (Lipinski definition) is 2. The minimum absolute atomic E-state index is 0. The largest absolute Gasteiger partial charge is 0.353 e. The molecular formula is C19H26IN5. The molecule has 0 aliphatic heterocycles. The van der Waals surface area contributed by atoms with Gasteiger partial charge in [-0.2, -0.15) is 5.10 Å². The molecule has 2 N–H and O–H groups in total. The van der Waals surface area contributed by atoms with Gasteiger partial charge in [-0.05, 0) is 44.4 Å². The van der Waals surface area contributed by atoms with Gasteiger partial charge in [0.1, 0.15) is 0 Å². The summed E-state index contributed by atoms with van der Waals surface area (Å²) in [5.41, 5.74) is 4.46. The fraction of sp³-hybridized carbons (Fsp3) is 0.368. The number of aliphatic imine (C=N–C) groups is 1. The average Bonchev–Trinajstić information content (AvgIpc) is 3.21. The predicted molar refractivity (Wildman–Crippen MR) is 114 cm³/mol. The molecule has 1 aliphatic rings. The third kappa shape index (κ3) is 4.84. The Labute approximate surface area is 166 Å². The summed E-state index contributed by atoms with van der Waals surface area (Å²) in [6.45, 7) is 4.80. The molecule has 3 rings (SSSR count). The molecule has 0 bridgehead atoms. The molecule has 134 valence electrons. The Morgan fingerprint density at radius 2 is 1.96 bits per heavy atom. The lowest BCUT2D eigenvalue weighted by atomic mass is 10.1. The molecule has 0 radical (unpaired) electrons. The number of rotatable bonds is 4. The summed E-state index contributed by atoms with van der Waals surface area (Å²) >= 11 is 0. The predicted octanol–water partition coefficient (Wildman–Crippen LogP) is 3.49. The summed E-state index contributed by atoms with van der Waals surface area (Å²) in [7, 11) is 1.81. The number of hydrogen-bond acceptors (Lipinski definition) is 2. The Hall–Kier alpha value is -1.83. The molecule has 6 heteroatoms. The molecule has 2 aromatic rings. The Balaban J connectivity index is 0.00000225. The second-order valence-corrected chi connectivity index (χ2v) is 6.18. The van der Waals surface area contributed by atoms with Gasteiger partial charge in [0.25, 0.3) is 0 Å². The average molecular weight is 451 g/mol. The molecule has 1 heterocycles. The minimum atomic E-state index is 0. The highest BCUT2D eigenvalue weighted by Gasteiger charge is 2.13. The van der Waals surface area contributed by atoms with Crippen molar-refractivity contribution in [2.45, 2.75) is 39.3 Å². The van der Waals surface area contributed by atoms with E-state index in [0.717, 1.165) is 35.9 Å². The quantitative estimate of drug-likeness (QED) is 0.324. The number of para-hydroxylation sites is 1. The van der Waals surface area contributed by atoms with Crippen LogP contribution in [0.2, 0.25) is 0 Å². The summed E-state index contributed by atoms with van der Waals surface area (Å²) in [5, 5.41) is 11.5. The number of guanidine groups is 1. The van der Waals surface area contributed by atoms with Crippen LogP contribution in [0.5, 0.6) is 0 Å². The van der Waals surface area contributed by atoms with Gasteiger partial charge in [0.15, 0.2) is 5.96 Å². The smallest absolute Gasteiger partial charge is 0.191 e. The lowest BCUT2D eigenvalue weighted by Crippen LogP contribution is -2.42. The first-order valence-corrected chi connectivity index (χ1v) is 8.41. The summed E-state index contributed by atoms with van der Waals surface area (Å²) < 4.78 is 2.00. The highest BCUT2D eigenvalue weighted by atomic mass is 127. The van der Waals surface area contributed by atoms with E-state index in [4.69, 9.17) is 0 Å². The van der Waals surface area contributed by atoms with E-state index in [1.807, 2.05) is 24.7 Å². The molecule has 0 saturated heterocycles. The van der Waals surface area contributed by atoms with E-state index in [1.54, 1.807) is 0 Å². The molecule has 1 aliphatic carbocycles. The van der Waals surface area contributed by atoms with Crippen LogP contribution in [0.4, 0.5) is 0 Å². The van der Waals surface area contributed by atoms with E-state index < -0.39 is 0 Å². The normalized spacial score (nSPS) is 14.4. The van der Waals surface area contributed by atoms with Gasteiger partial charge in [-0.15, -0.1) is 24.0 Å². The molecule has 5 nitrogen and oxygen atoms in total. The van der Waals surface area contributed by atoms with Gasteiger partial charge >= 0.3 is 0 Å². The van der Waals surface area contributed by atoms with Gasteiger partial charge in [-0.25, -0.2) is 4.68 Å². The molecule has 0 amide bonds. The molecule has 0 unspecified atom stereocenters. The molecule has 0 spiro atoms. The standard InChI is InChI=1S/C19H25N5.HI/c1-14-12-15(2)24(23-14)18-11-7-4-8-16(18)13-21-19(20-3)22-17-9-5-6-10-17;/h4-8,11-12,17H,9-10,13H2,1-3H3,(H2,20,21,22);1H. The van der Waals surface area contributed by atoms with Crippen molar-refractivity contribution in [3.05, 3.63) is 59.4 Å². The van der Waals surface area contributed by atoms with E-state index in [-0.39, 0.29) is 24.0 Å². The van der Waals surface area contributed by atoms with Gasteiger partial charge in [0.2, 0.25) is 0 Å². The molecule has 1 aromatic carbocycles. The van der Waals surface area contributed by atoms with Crippen molar-refractivity contribution in [3.8, 4) is 5.69 Å². The summed E-state index contributed by atoms with van der Waals surface area (Å²) in [6.07, 6.45) is 6.54. The van der Waals surface area contributed by atoms with Crippen molar-refractivity contribution in [2.24, 2.45) is 4.99 Å². The zero-order valence-electron chi connectivity index (χ0n) is 15.0. The van der Waals surface area contributed by atoms with Gasteiger partial charge in [-0.1, -0.05) is 30.4 Å². The SMILES string of the molecule is CN=C(NCc1ccccc1-n1nc(C)cc1C)NC1CC=CC1.I. The summed E-state index contributed by atoms with van der Waals surface area (Å²) in [6, 6.07) is 10.9. The van der Waals surface area contributed by atoms with Crippen molar-refractivity contribution in [3.63, 3.8) is 0 Å². The van der Waals surface area contributed by atoms with Crippen LogP contribution < -0.4 is 10.6 Å². The van der Waals surface area contributed by atoms with E-state index in [1.165, 1.54) is 5.56 Å². The van der Waals surface area contributed by atoms with Crippen molar-refractivity contribution < 1.29 is 0 Å². The Bertz CT molecular complexity index is 755. The first-order valence-electron chi connectivity index (χ1n) is 8.41. The molecule has 1 aromatic heterocycles. The third-order valence-corrected chi connectivity index (χ3v) is 4.25. The van der Waals surface area contributed by atoms with Crippen molar-refractivity contribution in [1.82, 2.24) is 20.4 Å². The van der Waals surface area contributed by atoms with Crippen molar-refractivity contribution in [1.29, 1.82) is 0 Å². The number of benzene rings is 1. The lowest BCUT2D eigenvalue weighted by Gasteiger charge is -2.18. The van der Waals surface area contributed by atoms with Gasteiger partial charge < -0.3 is 10.6 Å². The van der Waals surface area contributed by atoms with E-state index in [0.29, 0.717) is 12.6 Å². The second-order valence-electron chi connectivity index (χ2n) is 6.18. The molecule has 0 fully saturated rings. The van der Waals surface area contributed by atoms with Gasteiger partial charge in [-0.3, -0.25) is 4.99 Å². The molecule has 0 atom stereocenters. The van der Waals surface area contributed by atoms with Crippen molar-refractivity contribution in [2.75, 3.05) is 7.05 Å².